The van der Waals surface area contributed by atoms with Gasteiger partial charge in [0.15, 0.2) is 5.65 Å². The lowest BCUT2D eigenvalue weighted by Gasteiger charge is -2.25. The van der Waals surface area contributed by atoms with E-state index in [2.05, 4.69) is 35.3 Å². The maximum absolute atomic E-state index is 11.7. The van der Waals surface area contributed by atoms with E-state index in [9.17, 15) is 9.90 Å². The fourth-order valence-electron chi connectivity index (χ4n) is 4.76. The van der Waals surface area contributed by atoms with Gasteiger partial charge in [-0.15, -0.1) is 0 Å². The van der Waals surface area contributed by atoms with Crippen molar-refractivity contribution in [2.75, 3.05) is 0 Å². The lowest BCUT2D eigenvalue weighted by molar-refractivity contribution is 0.0699. The smallest absolute Gasteiger partial charge is 0.339 e. The molecular weight excluding hydrogens is 408 g/mol. The molecule has 0 saturated heterocycles. The monoisotopic (exact) mass is 430 g/mol. The van der Waals surface area contributed by atoms with E-state index in [1.807, 2.05) is 35.0 Å². The summed E-state index contributed by atoms with van der Waals surface area (Å²) in [5.74, 6) is -0.542. The molecule has 1 N–H and O–H groups in total. The zero-order valence-electron chi connectivity index (χ0n) is 17.1. The predicted octanol–water partition coefficient (Wildman–Crippen LogP) is 7.07. The number of carboxylic acid groups (broad SMARTS) is 1. The molecule has 1 saturated carbocycles. The summed E-state index contributed by atoms with van der Waals surface area (Å²) in [5.41, 5.74) is 6.29. The summed E-state index contributed by atoms with van der Waals surface area (Å²) in [6.45, 7) is 0. The molecule has 5 heteroatoms. The standard InChI is InChI=1S/C26H23ClN2O2/c27-21-8-4-7-20(15-21)17-9-11-18(12-10-17)23-16-28-25-22(26(30)31)13-14-29(25)24(23)19-5-2-1-3-6-19/h4,7-16,19H,1-3,5-6H2,(H,30,31). The largest absolute Gasteiger partial charge is 0.478 e. The van der Waals surface area contributed by atoms with Gasteiger partial charge < -0.3 is 9.51 Å². The molecular formula is C26H23ClN2O2. The van der Waals surface area contributed by atoms with Gasteiger partial charge in [-0.2, -0.15) is 0 Å². The maximum atomic E-state index is 11.7. The Hall–Kier alpha value is -3.11. The number of halogens is 1. The van der Waals surface area contributed by atoms with E-state index in [1.165, 1.54) is 25.0 Å². The Balaban J connectivity index is 1.62. The van der Waals surface area contributed by atoms with Gasteiger partial charge >= 0.3 is 5.97 Å². The third kappa shape index (κ3) is 3.72. The first-order valence-electron chi connectivity index (χ1n) is 10.7. The van der Waals surface area contributed by atoms with Crippen LogP contribution in [0.5, 0.6) is 0 Å². The van der Waals surface area contributed by atoms with Gasteiger partial charge in [0.25, 0.3) is 0 Å². The number of fused-ring (bicyclic) bond motifs is 1. The fourth-order valence-corrected chi connectivity index (χ4v) is 4.95. The Bertz CT molecular complexity index is 1250. The minimum atomic E-state index is -0.941. The molecule has 0 aliphatic heterocycles. The van der Waals surface area contributed by atoms with Gasteiger partial charge in [0.05, 0.1) is 0 Å². The number of aromatic nitrogens is 2. The second-order valence-electron chi connectivity index (χ2n) is 8.21. The molecule has 0 spiro atoms. The van der Waals surface area contributed by atoms with E-state index in [0.29, 0.717) is 11.6 Å². The second-order valence-corrected chi connectivity index (χ2v) is 8.64. The van der Waals surface area contributed by atoms with Gasteiger partial charge in [-0.1, -0.05) is 67.3 Å². The second kappa shape index (κ2) is 8.20. The van der Waals surface area contributed by atoms with Crippen LogP contribution in [0.4, 0.5) is 0 Å². The highest BCUT2D eigenvalue weighted by molar-refractivity contribution is 6.30. The molecule has 2 aromatic heterocycles. The molecule has 31 heavy (non-hydrogen) atoms. The highest BCUT2D eigenvalue weighted by Gasteiger charge is 2.24. The first-order valence-corrected chi connectivity index (χ1v) is 11.1. The average molecular weight is 431 g/mol. The Morgan fingerprint density at radius 3 is 2.42 bits per heavy atom. The van der Waals surface area contributed by atoms with Gasteiger partial charge in [0, 0.05) is 34.6 Å². The normalized spacial score (nSPS) is 14.7. The van der Waals surface area contributed by atoms with Crippen LogP contribution in [-0.2, 0) is 0 Å². The molecule has 0 unspecified atom stereocenters. The number of carboxylic acids is 1. The Morgan fingerprint density at radius 2 is 1.71 bits per heavy atom. The fraction of sp³-hybridized carbons (Fsp3) is 0.231. The van der Waals surface area contributed by atoms with Crippen LogP contribution < -0.4 is 0 Å². The van der Waals surface area contributed by atoms with Crippen LogP contribution >= 0.6 is 11.6 Å². The molecule has 0 amide bonds. The Labute approximate surface area is 186 Å². The molecule has 1 fully saturated rings. The molecule has 2 aromatic carbocycles. The minimum Gasteiger partial charge on any atom is -0.478 e. The van der Waals surface area contributed by atoms with Crippen LogP contribution in [0, 0.1) is 0 Å². The first-order chi connectivity index (χ1) is 15.1. The number of carbonyl (C=O) groups is 1. The third-order valence-corrected chi connectivity index (χ3v) is 6.52. The molecule has 0 atom stereocenters. The summed E-state index contributed by atoms with van der Waals surface area (Å²) < 4.78 is 2.00. The van der Waals surface area contributed by atoms with E-state index in [4.69, 9.17) is 11.6 Å². The SMILES string of the molecule is O=C(O)c1ccn2c(C3CCCCC3)c(-c3ccc(-c4cccc(Cl)c4)cc3)cnc12. The summed E-state index contributed by atoms with van der Waals surface area (Å²) in [5, 5.41) is 10.3. The summed E-state index contributed by atoms with van der Waals surface area (Å²) in [4.78, 5) is 16.2. The summed E-state index contributed by atoms with van der Waals surface area (Å²) in [6.07, 6.45) is 9.62. The van der Waals surface area contributed by atoms with Crippen LogP contribution in [0.15, 0.2) is 67.0 Å². The summed E-state index contributed by atoms with van der Waals surface area (Å²) >= 11 is 6.16. The average Bonchev–Trinajstić information content (AvgIpc) is 3.24. The van der Waals surface area contributed by atoms with E-state index < -0.39 is 5.97 Å². The number of hydrogen-bond acceptors (Lipinski definition) is 2. The molecule has 1 aliphatic rings. The van der Waals surface area contributed by atoms with Crippen LogP contribution in [0.3, 0.4) is 0 Å². The Morgan fingerprint density at radius 1 is 0.968 bits per heavy atom. The van der Waals surface area contributed by atoms with E-state index >= 15 is 0 Å². The van der Waals surface area contributed by atoms with Gasteiger partial charge in [0.2, 0.25) is 0 Å². The predicted molar refractivity (Wildman–Crippen MR) is 124 cm³/mol. The molecule has 4 aromatic rings. The molecule has 0 radical (unpaired) electrons. The molecule has 0 bridgehead atoms. The highest BCUT2D eigenvalue weighted by atomic mass is 35.5. The summed E-state index contributed by atoms with van der Waals surface area (Å²) in [7, 11) is 0. The quantitative estimate of drug-likeness (QED) is 0.376. The van der Waals surface area contributed by atoms with Crippen LogP contribution in [0.2, 0.25) is 5.02 Å². The number of rotatable bonds is 4. The third-order valence-electron chi connectivity index (χ3n) is 6.29. The number of aromatic carboxylic acids is 1. The lowest BCUT2D eigenvalue weighted by atomic mass is 9.84. The molecule has 2 heterocycles. The van der Waals surface area contributed by atoms with Crippen molar-refractivity contribution >= 4 is 23.2 Å². The van der Waals surface area contributed by atoms with Crippen LogP contribution in [-0.4, -0.2) is 20.5 Å². The maximum Gasteiger partial charge on any atom is 0.339 e. The van der Waals surface area contributed by atoms with Gasteiger partial charge in [-0.05, 0) is 47.7 Å². The van der Waals surface area contributed by atoms with E-state index in [-0.39, 0.29) is 5.56 Å². The van der Waals surface area contributed by atoms with Crippen molar-refractivity contribution < 1.29 is 9.90 Å². The Kier molecular flexibility index (Phi) is 5.24. The van der Waals surface area contributed by atoms with Gasteiger partial charge in [-0.25, -0.2) is 9.78 Å². The van der Waals surface area contributed by atoms with E-state index in [0.717, 1.165) is 40.1 Å². The van der Waals surface area contributed by atoms with Crippen molar-refractivity contribution in [3.8, 4) is 22.3 Å². The zero-order chi connectivity index (χ0) is 21.4. The van der Waals surface area contributed by atoms with Crippen molar-refractivity contribution in [2.24, 2.45) is 0 Å². The molecule has 1 aliphatic carbocycles. The van der Waals surface area contributed by atoms with Crippen LogP contribution in [0.25, 0.3) is 27.9 Å². The first kappa shape index (κ1) is 19.8. The number of hydrogen-bond donors (Lipinski definition) is 1. The van der Waals surface area contributed by atoms with Crippen LogP contribution in [0.1, 0.15) is 54.1 Å². The summed E-state index contributed by atoms with van der Waals surface area (Å²) in [6, 6.07) is 17.9. The van der Waals surface area contributed by atoms with Crippen molar-refractivity contribution in [3.05, 3.63) is 83.3 Å². The van der Waals surface area contributed by atoms with Crippen molar-refractivity contribution in [1.29, 1.82) is 0 Å². The highest BCUT2D eigenvalue weighted by Crippen LogP contribution is 2.39. The van der Waals surface area contributed by atoms with Gasteiger partial charge in [-0.3, -0.25) is 0 Å². The van der Waals surface area contributed by atoms with Crippen molar-refractivity contribution in [3.63, 3.8) is 0 Å². The molecule has 4 nitrogen and oxygen atoms in total. The molecule has 5 rings (SSSR count). The van der Waals surface area contributed by atoms with Crippen molar-refractivity contribution in [2.45, 2.75) is 38.0 Å². The van der Waals surface area contributed by atoms with Gasteiger partial charge in [0.1, 0.15) is 5.56 Å². The topological polar surface area (TPSA) is 54.6 Å². The van der Waals surface area contributed by atoms with E-state index in [1.54, 1.807) is 6.07 Å². The lowest BCUT2D eigenvalue weighted by Crippen LogP contribution is -2.12. The van der Waals surface area contributed by atoms with Crippen molar-refractivity contribution in [1.82, 2.24) is 9.38 Å². The number of nitrogens with zero attached hydrogens (tertiary/aromatic N) is 2. The molecule has 156 valence electrons. The number of benzene rings is 2. The zero-order valence-corrected chi connectivity index (χ0v) is 17.8. The minimum absolute atomic E-state index is 0.250.